The van der Waals surface area contributed by atoms with Gasteiger partial charge in [-0.3, -0.25) is 0 Å². The van der Waals surface area contributed by atoms with Crippen LogP contribution in [0.1, 0.15) is 244 Å². The van der Waals surface area contributed by atoms with Gasteiger partial charge in [-0.05, 0) is 118 Å². The molecule has 0 bridgehead atoms. The molecule has 7 atom stereocenters. The maximum Gasteiger partial charge on any atom is 0.00998 e. The van der Waals surface area contributed by atoms with Gasteiger partial charge in [0.15, 0.2) is 0 Å². The van der Waals surface area contributed by atoms with Crippen molar-refractivity contribution in [3.8, 4) is 0 Å². The molecular formula is C60H117N4Y4-7. The van der Waals surface area contributed by atoms with Crippen molar-refractivity contribution in [1.29, 1.82) is 0 Å². The minimum atomic E-state index is 0. The molecule has 0 aromatic rings. The largest absolute Gasteiger partial charge is 0.352 e. The molecule has 0 N–H and O–H groups in total. The van der Waals surface area contributed by atoms with E-state index < -0.39 is 0 Å². The van der Waals surface area contributed by atoms with E-state index in [0.29, 0.717) is 51.4 Å². The van der Waals surface area contributed by atoms with Crippen LogP contribution in [0.15, 0.2) is 0 Å². The monoisotopic (exact) mass is 1250 g/mol. The van der Waals surface area contributed by atoms with E-state index in [-0.39, 0.29) is 159 Å². The Hall–Kier alpha value is 4.26. The van der Waals surface area contributed by atoms with Crippen LogP contribution >= 0.6 is 0 Å². The average molecular weight is 1250 g/mol. The van der Waals surface area contributed by atoms with Crippen molar-refractivity contribution in [2.45, 2.75) is 301 Å². The molecule has 7 unspecified atom stereocenters. The third-order valence-corrected chi connectivity index (χ3v) is 13.4. The Balaban J connectivity index is -0.000000394. The Kier molecular flexibility index (Phi) is 35.4. The maximum atomic E-state index is 4.56. The molecule has 4 nitrogen and oxygen atoms in total. The predicted molar refractivity (Wildman–Crippen MR) is 289 cm³/mol. The van der Waals surface area contributed by atoms with Crippen molar-refractivity contribution >= 4 is 0 Å². The van der Waals surface area contributed by atoms with Crippen LogP contribution in [-0.2, 0) is 131 Å². The van der Waals surface area contributed by atoms with Crippen molar-refractivity contribution in [2.24, 2.45) is 27.6 Å². The molecule has 4 radical (unpaired) electrons. The minimum Gasteiger partial charge on any atom is -0.352 e. The molecule has 0 amide bonds. The van der Waals surface area contributed by atoms with Crippen molar-refractivity contribution in [1.82, 2.24) is 19.6 Å². The summed E-state index contributed by atoms with van der Waals surface area (Å²) in [5, 5.41) is 0. The molecule has 4 aliphatic rings. The fourth-order valence-corrected chi connectivity index (χ4v) is 12.1. The van der Waals surface area contributed by atoms with E-state index in [9.17, 15) is 0 Å². The smallest absolute Gasteiger partial charge is 0.00998 e. The summed E-state index contributed by atoms with van der Waals surface area (Å²) in [5.41, 5.74) is 2.55. The molecule has 4 aliphatic heterocycles. The first-order chi connectivity index (χ1) is 28.2. The van der Waals surface area contributed by atoms with Gasteiger partial charge in [0.2, 0.25) is 0 Å². The van der Waals surface area contributed by atoms with Crippen LogP contribution in [0.25, 0.3) is 0 Å². The van der Waals surface area contributed by atoms with E-state index in [2.05, 4.69) is 240 Å². The second-order valence-corrected chi connectivity index (χ2v) is 30.4. The molecule has 4 saturated heterocycles. The third kappa shape index (κ3) is 29.3. The van der Waals surface area contributed by atoms with Gasteiger partial charge in [0, 0.05) is 153 Å². The Morgan fingerprint density at radius 1 is 0.515 bits per heavy atom. The number of hydrogen-bond donors (Lipinski definition) is 0. The van der Waals surface area contributed by atoms with Crippen LogP contribution in [0.5, 0.6) is 0 Å². The van der Waals surface area contributed by atoms with Gasteiger partial charge in [0.05, 0.1) is 0 Å². The summed E-state index contributed by atoms with van der Waals surface area (Å²) < 4.78 is 0. The van der Waals surface area contributed by atoms with Crippen molar-refractivity contribution < 1.29 is 131 Å². The number of piperidine rings is 3. The molecule has 0 aromatic heterocycles. The molecule has 0 aromatic carbocycles. The molecule has 4 rings (SSSR count). The van der Waals surface area contributed by atoms with E-state index in [1.807, 2.05) is 0 Å². The number of hydrogen-bond acceptors (Lipinski definition) is 4. The number of likely N-dealkylation sites (tertiary alicyclic amines) is 4. The van der Waals surface area contributed by atoms with Crippen LogP contribution in [0, 0.1) is 74.5 Å². The van der Waals surface area contributed by atoms with Gasteiger partial charge in [0.25, 0.3) is 0 Å². The summed E-state index contributed by atoms with van der Waals surface area (Å²) in [7, 11) is 0. The number of rotatable bonds is 4. The van der Waals surface area contributed by atoms with Gasteiger partial charge in [-0.15, -0.1) is 35.2 Å². The Bertz CT molecular complexity index is 1310. The molecule has 68 heavy (non-hydrogen) atoms. The van der Waals surface area contributed by atoms with Crippen LogP contribution in [0.4, 0.5) is 0 Å². The number of nitrogens with zero attached hydrogens (tertiary/aromatic N) is 4. The summed E-state index contributed by atoms with van der Waals surface area (Å²) in [6.45, 7) is 78.1. The zero-order valence-corrected chi connectivity index (χ0v) is 62.1. The SMILES string of the molecule is CC1C[CH-]C(CC(C)(C)C)N(C(C)(C)C)C1.[CH2-]C1(CC(C)(C)C)C[CH-]CCN1C(C)(C)C.[CH2-]C1CCC([CH2-])(CC(C)(C)C)N1C(C)(C)C.[CH2-]C1CC[CH-]C(CC(C)(C)C)N1C(C)(C)C.[Y].[Y].[Y].[Y]. The molecule has 0 spiro atoms. The van der Waals surface area contributed by atoms with Gasteiger partial charge in [-0.25, -0.2) is 0 Å². The van der Waals surface area contributed by atoms with Crippen LogP contribution in [0.3, 0.4) is 0 Å². The third-order valence-electron chi connectivity index (χ3n) is 13.4. The predicted octanol–water partition coefficient (Wildman–Crippen LogP) is 16.4. The summed E-state index contributed by atoms with van der Waals surface area (Å²) in [5.74, 6) is 0.815. The molecule has 4 heterocycles. The first-order valence-electron chi connectivity index (χ1n) is 26.2. The van der Waals surface area contributed by atoms with Crippen LogP contribution < -0.4 is 0 Å². The van der Waals surface area contributed by atoms with Gasteiger partial charge in [-0.1, -0.05) is 141 Å². The fraction of sp³-hybridized carbons (Fsp3) is 0.883. The zero-order valence-electron chi connectivity index (χ0n) is 50.7. The topological polar surface area (TPSA) is 13.0 Å². The molecule has 8 heteroatoms. The van der Waals surface area contributed by atoms with Crippen LogP contribution in [0.2, 0.25) is 0 Å². The Morgan fingerprint density at radius 2 is 0.971 bits per heavy atom. The zero-order chi connectivity index (χ0) is 50.5. The summed E-state index contributed by atoms with van der Waals surface area (Å²) in [6, 6.07) is 2.14. The molecule has 0 aliphatic carbocycles. The van der Waals surface area contributed by atoms with Gasteiger partial charge >= 0.3 is 0 Å². The van der Waals surface area contributed by atoms with Gasteiger partial charge < -0.3 is 66.6 Å². The molecular weight excluding hydrogens is 1130 g/mol. The quantitative estimate of drug-likeness (QED) is 0.260. The van der Waals surface area contributed by atoms with E-state index in [1.54, 1.807) is 0 Å². The fourth-order valence-electron chi connectivity index (χ4n) is 12.1. The second kappa shape index (κ2) is 30.6. The normalized spacial score (nSPS) is 28.6. The standard InChI is InChI=1S/C15H29N.C15H30N.2C15H29N.4Y/c1-12-9-10-15(8,11-13(2,3)4)16(12)14(5,6)7;1-12-8-9-13(10-14(2,3)4)16(11-12)15(5,6)7;1-12-9-8-10-13(11-14(2,3)4)16(12)15(5,6)7;1-13(2,3)12-15(7)10-8-9-11-16(15)14(4,5)6;;;;/h12H,1,8-11H2,2-7H3;9,12-13H,8,10-11H2,1-7H3;10,12-13H,1,8-9,11H2,2-7H3;8H,7,9-12H2,1-6H3;;;;/q-2;-1;2*-2;;;;. The van der Waals surface area contributed by atoms with E-state index in [0.717, 1.165) is 31.7 Å². The molecule has 4 fully saturated rings. The van der Waals surface area contributed by atoms with E-state index >= 15 is 0 Å². The molecule has 396 valence electrons. The maximum absolute atomic E-state index is 4.56. The second-order valence-electron chi connectivity index (χ2n) is 30.4. The first-order valence-corrected chi connectivity index (χ1v) is 26.2. The van der Waals surface area contributed by atoms with Crippen LogP contribution in [-0.4, -0.2) is 90.1 Å². The average Bonchev–Trinajstić information content (AvgIpc) is 3.31. The van der Waals surface area contributed by atoms with Gasteiger partial charge in [0.1, 0.15) is 0 Å². The Morgan fingerprint density at radius 3 is 1.37 bits per heavy atom. The van der Waals surface area contributed by atoms with E-state index in [1.165, 1.54) is 57.9 Å². The molecule has 0 saturated carbocycles. The van der Waals surface area contributed by atoms with Crippen molar-refractivity contribution in [2.75, 3.05) is 13.1 Å². The first kappa shape index (κ1) is 78.7. The Labute approximate surface area is 532 Å². The minimum absolute atomic E-state index is 0. The van der Waals surface area contributed by atoms with Gasteiger partial charge in [-0.2, -0.15) is 25.7 Å². The summed E-state index contributed by atoms with van der Waals surface area (Å²) in [4.78, 5) is 10.4. The summed E-state index contributed by atoms with van der Waals surface area (Å²) in [6.07, 6.45) is 20.7. The van der Waals surface area contributed by atoms with Crippen molar-refractivity contribution in [3.63, 3.8) is 0 Å². The summed E-state index contributed by atoms with van der Waals surface area (Å²) >= 11 is 0. The van der Waals surface area contributed by atoms with Crippen molar-refractivity contribution in [3.05, 3.63) is 47.0 Å². The van der Waals surface area contributed by atoms with E-state index in [4.69, 9.17) is 0 Å².